The highest BCUT2D eigenvalue weighted by molar-refractivity contribution is 7.98. The molecule has 0 saturated carbocycles. The van der Waals surface area contributed by atoms with Crippen LogP contribution in [-0.2, 0) is 17.8 Å². The number of thioether (sulfide) groups is 1. The fraction of sp³-hybridized carbons (Fsp3) is 0.353. The summed E-state index contributed by atoms with van der Waals surface area (Å²) >= 11 is 3.95. The molecule has 0 fully saturated rings. The highest BCUT2D eigenvalue weighted by Gasteiger charge is 2.18. The number of hydrogen-bond donors (Lipinski definition) is 1. The second kappa shape index (κ2) is 7.91. The Morgan fingerprint density at radius 1 is 1.30 bits per heavy atom. The number of hydrogen-bond acceptors (Lipinski definition) is 8. The lowest BCUT2D eigenvalue weighted by atomic mass is 10.3. The van der Waals surface area contributed by atoms with Gasteiger partial charge in [-0.1, -0.05) is 30.0 Å². The SMILES string of the molecule is CCc1cc2c(=O)n(CC(=O)Nc3nc(C)c(C(C)=O)s3)c(SC)nc2s1. The number of thiazole rings is 1. The van der Waals surface area contributed by atoms with Crippen molar-refractivity contribution in [2.24, 2.45) is 0 Å². The summed E-state index contributed by atoms with van der Waals surface area (Å²) in [7, 11) is 0. The van der Waals surface area contributed by atoms with Crippen LogP contribution in [-0.4, -0.2) is 32.5 Å². The molecule has 0 atom stereocenters. The summed E-state index contributed by atoms with van der Waals surface area (Å²) in [6.07, 6.45) is 2.65. The number of anilines is 1. The Bertz CT molecular complexity index is 1100. The third kappa shape index (κ3) is 3.97. The van der Waals surface area contributed by atoms with E-state index in [1.807, 2.05) is 19.2 Å². The van der Waals surface area contributed by atoms with Crippen LogP contribution in [0.2, 0.25) is 0 Å². The maximum atomic E-state index is 12.9. The topological polar surface area (TPSA) is 94.0 Å². The molecule has 27 heavy (non-hydrogen) atoms. The molecule has 3 heterocycles. The quantitative estimate of drug-likeness (QED) is 0.372. The maximum Gasteiger partial charge on any atom is 0.263 e. The van der Waals surface area contributed by atoms with E-state index in [4.69, 9.17) is 0 Å². The standard InChI is InChI=1S/C17H18N4O3S3/c1-5-10-6-11-14(26-10)20-17(25-4)21(15(11)24)7-12(23)19-16-18-8(2)13(27-16)9(3)22/h6H,5,7H2,1-4H3,(H,18,19,23). The number of thiophene rings is 1. The summed E-state index contributed by atoms with van der Waals surface area (Å²) in [4.78, 5) is 47.9. The first-order valence-electron chi connectivity index (χ1n) is 8.19. The Morgan fingerprint density at radius 3 is 2.63 bits per heavy atom. The third-order valence-corrected chi connectivity index (χ3v) is 6.89. The van der Waals surface area contributed by atoms with Gasteiger partial charge in [-0.15, -0.1) is 11.3 Å². The van der Waals surface area contributed by atoms with E-state index in [0.29, 0.717) is 31.1 Å². The predicted octanol–water partition coefficient (Wildman–Crippen LogP) is 3.35. The Morgan fingerprint density at radius 2 is 2.04 bits per heavy atom. The highest BCUT2D eigenvalue weighted by Crippen LogP contribution is 2.25. The minimum absolute atomic E-state index is 0.0924. The van der Waals surface area contributed by atoms with Crippen molar-refractivity contribution < 1.29 is 9.59 Å². The Balaban J connectivity index is 1.90. The monoisotopic (exact) mass is 422 g/mol. The van der Waals surface area contributed by atoms with Crippen LogP contribution in [0.3, 0.4) is 0 Å². The van der Waals surface area contributed by atoms with Crippen molar-refractivity contribution in [2.45, 2.75) is 38.9 Å². The summed E-state index contributed by atoms with van der Waals surface area (Å²) in [6.45, 7) is 5.04. The lowest BCUT2D eigenvalue weighted by Gasteiger charge is -2.09. The second-order valence-corrected chi connectivity index (χ2v) is 8.70. The van der Waals surface area contributed by atoms with Crippen LogP contribution >= 0.6 is 34.4 Å². The van der Waals surface area contributed by atoms with Crippen molar-refractivity contribution in [3.63, 3.8) is 0 Å². The zero-order valence-corrected chi connectivity index (χ0v) is 17.7. The average Bonchev–Trinajstić information content (AvgIpc) is 3.20. The first kappa shape index (κ1) is 19.7. The number of fused-ring (bicyclic) bond motifs is 1. The number of aryl methyl sites for hydroxylation is 2. The number of carbonyl (C=O) groups excluding carboxylic acids is 2. The van der Waals surface area contributed by atoms with Crippen LogP contribution in [0.15, 0.2) is 16.0 Å². The van der Waals surface area contributed by atoms with Crippen LogP contribution < -0.4 is 10.9 Å². The molecule has 142 valence electrons. The summed E-state index contributed by atoms with van der Waals surface area (Å²) < 4.78 is 1.38. The molecule has 1 amide bonds. The Hall–Kier alpha value is -2.04. The van der Waals surface area contributed by atoms with Crippen molar-refractivity contribution in [1.82, 2.24) is 14.5 Å². The average molecular weight is 423 g/mol. The molecule has 3 rings (SSSR count). The molecule has 0 aliphatic rings. The molecule has 10 heteroatoms. The summed E-state index contributed by atoms with van der Waals surface area (Å²) in [5.41, 5.74) is 0.355. The summed E-state index contributed by atoms with van der Waals surface area (Å²) in [6, 6.07) is 1.84. The van der Waals surface area contributed by atoms with E-state index in [-0.39, 0.29) is 23.8 Å². The number of Topliss-reactive ketones (excluding diaryl/α,β-unsaturated/α-hetero) is 1. The molecular formula is C17H18N4O3S3. The van der Waals surface area contributed by atoms with Crippen LogP contribution in [0, 0.1) is 6.92 Å². The fourth-order valence-corrected chi connectivity index (χ4v) is 5.04. The minimum atomic E-state index is -0.386. The molecule has 3 aromatic heterocycles. The molecule has 1 N–H and O–H groups in total. The molecule has 0 radical (unpaired) electrons. The van der Waals surface area contributed by atoms with Crippen LogP contribution in [0.1, 0.15) is 34.1 Å². The molecule has 0 aromatic carbocycles. The van der Waals surface area contributed by atoms with Gasteiger partial charge in [0, 0.05) is 11.8 Å². The molecule has 0 bridgehead atoms. The van der Waals surface area contributed by atoms with Crippen molar-refractivity contribution in [1.29, 1.82) is 0 Å². The molecule has 0 saturated heterocycles. The van der Waals surface area contributed by atoms with Gasteiger partial charge >= 0.3 is 0 Å². The van der Waals surface area contributed by atoms with Gasteiger partial charge in [-0.05, 0) is 25.7 Å². The van der Waals surface area contributed by atoms with E-state index in [2.05, 4.69) is 15.3 Å². The van der Waals surface area contributed by atoms with Gasteiger partial charge in [-0.3, -0.25) is 19.0 Å². The van der Waals surface area contributed by atoms with E-state index in [9.17, 15) is 14.4 Å². The Labute approximate surface area is 167 Å². The number of ketones is 1. The zero-order chi connectivity index (χ0) is 19.7. The first-order valence-corrected chi connectivity index (χ1v) is 11.0. The van der Waals surface area contributed by atoms with Crippen molar-refractivity contribution in [3.05, 3.63) is 31.9 Å². The van der Waals surface area contributed by atoms with Gasteiger partial charge in [-0.25, -0.2) is 9.97 Å². The van der Waals surface area contributed by atoms with Gasteiger partial charge in [-0.2, -0.15) is 0 Å². The van der Waals surface area contributed by atoms with Crippen molar-refractivity contribution in [3.8, 4) is 0 Å². The molecule has 0 aliphatic heterocycles. The molecular weight excluding hydrogens is 404 g/mol. The lowest BCUT2D eigenvalue weighted by molar-refractivity contribution is -0.116. The number of amides is 1. The van der Waals surface area contributed by atoms with Gasteiger partial charge in [0.2, 0.25) is 5.91 Å². The number of aromatic nitrogens is 3. The second-order valence-electron chi connectivity index (χ2n) is 5.81. The van der Waals surface area contributed by atoms with Gasteiger partial charge in [0.05, 0.1) is 16.0 Å². The van der Waals surface area contributed by atoms with Gasteiger partial charge in [0.15, 0.2) is 16.1 Å². The minimum Gasteiger partial charge on any atom is -0.300 e. The molecule has 0 unspecified atom stereocenters. The fourth-order valence-electron chi connectivity index (χ4n) is 2.60. The summed E-state index contributed by atoms with van der Waals surface area (Å²) in [5, 5.41) is 4.04. The van der Waals surface area contributed by atoms with Crippen molar-refractivity contribution >= 4 is 61.5 Å². The van der Waals surface area contributed by atoms with E-state index < -0.39 is 0 Å². The van der Waals surface area contributed by atoms with Gasteiger partial charge < -0.3 is 5.32 Å². The lowest BCUT2D eigenvalue weighted by Crippen LogP contribution is -2.29. The Kier molecular flexibility index (Phi) is 5.78. The number of nitrogens with zero attached hydrogens (tertiary/aromatic N) is 3. The number of nitrogens with one attached hydrogen (secondary N) is 1. The third-order valence-electron chi connectivity index (χ3n) is 3.86. The molecule has 7 nitrogen and oxygen atoms in total. The maximum absolute atomic E-state index is 12.9. The van der Waals surface area contributed by atoms with Gasteiger partial charge in [0.25, 0.3) is 5.56 Å². The summed E-state index contributed by atoms with van der Waals surface area (Å²) in [5.74, 6) is -0.478. The number of carbonyl (C=O) groups is 2. The van der Waals surface area contributed by atoms with Crippen molar-refractivity contribution in [2.75, 3.05) is 11.6 Å². The first-order chi connectivity index (χ1) is 12.8. The molecule has 0 spiro atoms. The van der Waals surface area contributed by atoms with Crippen LogP contribution in [0.5, 0.6) is 0 Å². The molecule has 0 aliphatic carbocycles. The van der Waals surface area contributed by atoms with Gasteiger partial charge in [0.1, 0.15) is 11.4 Å². The number of rotatable bonds is 6. The van der Waals surface area contributed by atoms with E-state index in [0.717, 1.165) is 22.6 Å². The van der Waals surface area contributed by atoms with E-state index in [1.165, 1.54) is 34.6 Å². The smallest absolute Gasteiger partial charge is 0.263 e. The zero-order valence-electron chi connectivity index (χ0n) is 15.3. The van der Waals surface area contributed by atoms with Crippen LogP contribution in [0.25, 0.3) is 10.2 Å². The molecule has 3 aromatic rings. The van der Waals surface area contributed by atoms with Crippen LogP contribution in [0.4, 0.5) is 5.13 Å². The van der Waals surface area contributed by atoms with E-state index >= 15 is 0 Å². The normalized spacial score (nSPS) is 11.1. The predicted molar refractivity (Wildman–Crippen MR) is 111 cm³/mol. The van der Waals surface area contributed by atoms with E-state index in [1.54, 1.807) is 6.92 Å². The highest BCUT2D eigenvalue weighted by atomic mass is 32.2. The largest absolute Gasteiger partial charge is 0.300 e.